The van der Waals surface area contributed by atoms with Gasteiger partial charge in [-0.1, -0.05) is 0 Å². The summed E-state index contributed by atoms with van der Waals surface area (Å²) in [6, 6.07) is 4.37. The Hall–Kier alpha value is -1.20. The number of ether oxygens (including phenoxy) is 1. The third-order valence-corrected chi connectivity index (χ3v) is 5.19. The van der Waals surface area contributed by atoms with Crippen molar-refractivity contribution in [3.05, 3.63) is 17.8 Å². The smallest absolute Gasteiger partial charge is 0.148 e. The Labute approximate surface area is 132 Å². The maximum absolute atomic E-state index is 6.27. The molecule has 4 rings (SSSR count). The fourth-order valence-electron chi connectivity index (χ4n) is 3.92. The molecule has 1 aromatic rings. The van der Waals surface area contributed by atoms with Gasteiger partial charge in [0.15, 0.2) is 0 Å². The summed E-state index contributed by atoms with van der Waals surface area (Å²) in [5.41, 5.74) is 1.02. The van der Waals surface area contributed by atoms with Crippen molar-refractivity contribution in [1.29, 1.82) is 0 Å². The summed E-state index contributed by atoms with van der Waals surface area (Å²) in [5.74, 6) is 1.83. The van der Waals surface area contributed by atoms with Crippen LogP contribution >= 0.6 is 0 Å². The first kappa shape index (κ1) is 14.4. The van der Waals surface area contributed by atoms with Gasteiger partial charge in [-0.25, -0.2) is 0 Å². The normalized spacial score (nSPS) is 32.5. The molecular weight excluding hydrogens is 276 g/mol. The predicted octanol–water partition coefficient (Wildman–Crippen LogP) is 2.23. The van der Waals surface area contributed by atoms with E-state index in [1.807, 2.05) is 19.1 Å². The molecule has 2 atom stereocenters. The van der Waals surface area contributed by atoms with E-state index in [2.05, 4.69) is 20.4 Å². The largest absolute Gasteiger partial charge is 0.371 e. The molecule has 1 aliphatic carbocycles. The molecule has 3 fully saturated rings. The minimum absolute atomic E-state index is 0.0724. The average molecular weight is 302 g/mol. The lowest BCUT2D eigenvalue weighted by Crippen LogP contribution is -2.48. The van der Waals surface area contributed by atoms with Crippen LogP contribution in [0, 0.1) is 12.8 Å². The van der Waals surface area contributed by atoms with Gasteiger partial charge in [-0.15, -0.1) is 5.10 Å². The second-order valence-electron chi connectivity index (χ2n) is 7.38. The maximum Gasteiger partial charge on any atom is 0.148 e. The first-order chi connectivity index (χ1) is 10.7. The van der Waals surface area contributed by atoms with Crippen LogP contribution in [0.15, 0.2) is 12.1 Å². The summed E-state index contributed by atoms with van der Waals surface area (Å²) in [7, 11) is 0. The Morgan fingerprint density at radius 3 is 3.05 bits per heavy atom. The lowest BCUT2D eigenvalue weighted by molar-refractivity contribution is -0.0521. The Balaban J connectivity index is 1.35. The summed E-state index contributed by atoms with van der Waals surface area (Å²) in [6.07, 6.45) is 6.42. The molecule has 0 radical (unpaired) electrons. The van der Waals surface area contributed by atoms with E-state index in [1.165, 1.54) is 38.8 Å². The minimum atomic E-state index is 0.0724. The van der Waals surface area contributed by atoms with Crippen LogP contribution in [-0.4, -0.2) is 53.0 Å². The Bertz CT molecular complexity index is 516. The number of hydrogen-bond acceptors (Lipinski definition) is 5. The number of aryl methyl sites for hydroxylation is 1. The van der Waals surface area contributed by atoms with E-state index in [0.717, 1.165) is 37.0 Å². The number of rotatable bonds is 4. The maximum atomic E-state index is 6.27. The van der Waals surface area contributed by atoms with Gasteiger partial charge in [-0.2, -0.15) is 5.10 Å². The van der Waals surface area contributed by atoms with E-state index in [4.69, 9.17) is 4.74 Å². The molecule has 120 valence electrons. The van der Waals surface area contributed by atoms with Crippen molar-refractivity contribution in [2.75, 3.05) is 31.6 Å². The molecular formula is C17H26N4O. The molecule has 3 aliphatic rings. The molecule has 5 nitrogen and oxygen atoms in total. The molecule has 1 N–H and O–H groups in total. The molecule has 0 bridgehead atoms. The van der Waals surface area contributed by atoms with Crippen LogP contribution in [-0.2, 0) is 4.74 Å². The van der Waals surface area contributed by atoms with Gasteiger partial charge in [-0.3, -0.25) is 0 Å². The molecule has 5 heteroatoms. The van der Waals surface area contributed by atoms with E-state index in [0.29, 0.717) is 6.04 Å². The molecule has 0 aromatic carbocycles. The summed E-state index contributed by atoms with van der Waals surface area (Å²) < 4.78 is 6.27. The van der Waals surface area contributed by atoms with Crippen LogP contribution < -0.4 is 5.32 Å². The summed E-state index contributed by atoms with van der Waals surface area (Å²) in [6.45, 7) is 6.39. The first-order valence-electron chi connectivity index (χ1n) is 8.64. The van der Waals surface area contributed by atoms with E-state index >= 15 is 0 Å². The Kier molecular flexibility index (Phi) is 3.78. The molecule has 0 amide bonds. The fraction of sp³-hybridized carbons (Fsp3) is 0.765. The number of aromatic nitrogens is 2. The van der Waals surface area contributed by atoms with Gasteiger partial charge in [-0.05, 0) is 57.2 Å². The molecule has 1 aromatic heterocycles. The van der Waals surface area contributed by atoms with Crippen molar-refractivity contribution >= 4 is 5.82 Å². The molecule has 1 saturated carbocycles. The van der Waals surface area contributed by atoms with Gasteiger partial charge >= 0.3 is 0 Å². The molecule has 2 aliphatic heterocycles. The first-order valence-corrected chi connectivity index (χ1v) is 8.64. The molecule has 0 unspecified atom stereocenters. The van der Waals surface area contributed by atoms with Crippen LogP contribution in [0.2, 0.25) is 0 Å². The van der Waals surface area contributed by atoms with Crippen LogP contribution in [0.25, 0.3) is 0 Å². The predicted molar refractivity (Wildman–Crippen MR) is 85.9 cm³/mol. The number of nitrogens with one attached hydrogen (secondary N) is 1. The zero-order valence-electron chi connectivity index (χ0n) is 13.4. The van der Waals surface area contributed by atoms with Crippen molar-refractivity contribution in [2.45, 2.75) is 50.7 Å². The standard InChI is InChI=1S/C17H26N4O/c1-13-3-6-16(20-19-13)18-15-9-17(22-11-15)7-2-8-21(12-17)10-14-4-5-14/h3,6,14-15H,2,4-5,7-12H2,1H3,(H,18,20)/t15-,17+/m1/s1. The van der Waals surface area contributed by atoms with Crippen molar-refractivity contribution in [1.82, 2.24) is 15.1 Å². The lowest BCUT2D eigenvalue weighted by Gasteiger charge is -2.39. The van der Waals surface area contributed by atoms with Crippen LogP contribution in [0.5, 0.6) is 0 Å². The molecule has 1 spiro atoms. The van der Waals surface area contributed by atoms with Gasteiger partial charge < -0.3 is 15.0 Å². The number of piperidine rings is 1. The van der Waals surface area contributed by atoms with Crippen LogP contribution in [0.4, 0.5) is 5.82 Å². The summed E-state index contributed by atoms with van der Waals surface area (Å²) in [5, 5.41) is 11.8. The van der Waals surface area contributed by atoms with E-state index in [9.17, 15) is 0 Å². The van der Waals surface area contributed by atoms with Crippen molar-refractivity contribution in [3.63, 3.8) is 0 Å². The second kappa shape index (κ2) is 5.78. The van der Waals surface area contributed by atoms with Gasteiger partial charge in [0.25, 0.3) is 0 Å². The quantitative estimate of drug-likeness (QED) is 0.924. The van der Waals surface area contributed by atoms with Crippen molar-refractivity contribution in [3.8, 4) is 0 Å². The van der Waals surface area contributed by atoms with Gasteiger partial charge in [0.2, 0.25) is 0 Å². The van der Waals surface area contributed by atoms with Gasteiger partial charge in [0.1, 0.15) is 5.82 Å². The third kappa shape index (κ3) is 3.25. The van der Waals surface area contributed by atoms with E-state index < -0.39 is 0 Å². The topological polar surface area (TPSA) is 50.3 Å². The molecule has 22 heavy (non-hydrogen) atoms. The van der Waals surface area contributed by atoms with Crippen molar-refractivity contribution < 1.29 is 4.74 Å². The number of nitrogens with zero attached hydrogens (tertiary/aromatic N) is 3. The van der Waals surface area contributed by atoms with Gasteiger partial charge in [0, 0.05) is 19.5 Å². The highest BCUT2D eigenvalue weighted by molar-refractivity contribution is 5.34. The SMILES string of the molecule is Cc1ccc(N[C@H]2CO[C@@]3(CCCN(CC4CC4)C3)C2)nn1. The Morgan fingerprint density at radius 2 is 2.27 bits per heavy atom. The minimum Gasteiger partial charge on any atom is -0.371 e. The molecule has 3 heterocycles. The zero-order chi connectivity index (χ0) is 15.0. The molecule has 2 saturated heterocycles. The number of anilines is 1. The van der Waals surface area contributed by atoms with Crippen LogP contribution in [0.3, 0.4) is 0 Å². The Morgan fingerprint density at radius 1 is 1.36 bits per heavy atom. The van der Waals surface area contributed by atoms with Crippen molar-refractivity contribution in [2.24, 2.45) is 5.92 Å². The van der Waals surface area contributed by atoms with Gasteiger partial charge in [0.05, 0.1) is 23.9 Å². The highest BCUT2D eigenvalue weighted by Crippen LogP contribution is 2.37. The lowest BCUT2D eigenvalue weighted by atomic mass is 9.88. The number of likely N-dealkylation sites (tertiary alicyclic amines) is 1. The second-order valence-corrected chi connectivity index (χ2v) is 7.38. The zero-order valence-corrected chi connectivity index (χ0v) is 13.4. The summed E-state index contributed by atoms with van der Waals surface area (Å²) in [4.78, 5) is 2.63. The highest BCUT2D eigenvalue weighted by atomic mass is 16.5. The third-order valence-electron chi connectivity index (χ3n) is 5.19. The average Bonchev–Trinajstić information content (AvgIpc) is 3.24. The van der Waals surface area contributed by atoms with E-state index in [1.54, 1.807) is 0 Å². The summed E-state index contributed by atoms with van der Waals surface area (Å²) >= 11 is 0. The monoisotopic (exact) mass is 302 g/mol. The number of hydrogen-bond donors (Lipinski definition) is 1. The van der Waals surface area contributed by atoms with Crippen LogP contribution in [0.1, 0.15) is 37.8 Å². The van der Waals surface area contributed by atoms with E-state index in [-0.39, 0.29) is 5.60 Å². The highest BCUT2D eigenvalue weighted by Gasteiger charge is 2.44. The fourth-order valence-corrected chi connectivity index (χ4v) is 3.92.